The van der Waals surface area contributed by atoms with Gasteiger partial charge < -0.3 is 13.9 Å². The number of rotatable bonds is 5. The molecule has 0 spiro atoms. The van der Waals surface area contributed by atoms with Crippen LogP contribution < -0.4 is 0 Å². The zero-order valence-corrected chi connectivity index (χ0v) is 10.9. The Morgan fingerprint density at radius 1 is 1.50 bits per heavy atom. The van der Waals surface area contributed by atoms with Gasteiger partial charge in [0.2, 0.25) is 5.89 Å². The van der Waals surface area contributed by atoms with Crippen molar-refractivity contribution in [3.8, 4) is 11.7 Å². The number of nitrogens with zero attached hydrogens (tertiary/aromatic N) is 3. The van der Waals surface area contributed by atoms with Gasteiger partial charge in [-0.15, -0.1) is 10.2 Å². The summed E-state index contributed by atoms with van der Waals surface area (Å²) in [5.74, 6) is 0.587. The maximum Gasteiger partial charge on any atom is 0.304 e. The fraction of sp³-hybridized carbons (Fsp3) is 0.462. The van der Waals surface area contributed by atoms with Crippen LogP contribution in [0.3, 0.4) is 0 Å². The third-order valence-corrected chi connectivity index (χ3v) is 3.45. The van der Waals surface area contributed by atoms with Crippen LogP contribution in [-0.2, 0) is 11.3 Å². The molecule has 0 saturated carbocycles. The molecule has 106 valence electrons. The van der Waals surface area contributed by atoms with E-state index in [1.807, 2.05) is 0 Å². The average Bonchev–Trinajstić information content (AvgIpc) is 3.11. The van der Waals surface area contributed by atoms with E-state index in [0.29, 0.717) is 24.1 Å². The van der Waals surface area contributed by atoms with Crippen molar-refractivity contribution in [3.05, 3.63) is 24.3 Å². The fourth-order valence-electron chi connectivity index (χ4n) is 2.53. The largest absolute Gasteiger partial charge is 0.481 e. The molecule has 3 heterocycles. The molecule has 0 amide bonds. The topological polar surface area (TPSA) is 92.6 Å². The normalized spacial score (nSPS) is 19.5. The lowest BCUT2D eigenvalue weighted by Crippen LogP contribution is -2.30. The minimum Gasteiger partial charge on any atom is -0.481 e. The van der Waals surface area contributed by atoms with Gasteiger partial charge in [-0.25, -0.2) is 0 Å². The zero-order valence-electron chi connectivity index (χ0n) is 10.9. The van der Waals surface area contributed by atoms with Gasteiger partial charge in [0.15, 0.2) is 5.76 Å². The summed E-state index contributed by atoms with van der Waals surface area (Å²) >= 11 is 0. The Balaban J connectivity index is 1.67. The molecule has 0 bridgehead atoms. The lowest BCUT2D eigenvalue weighted by molar-refractivity contribution is -0.138. The molecular formula is C13H15N3O4. The van der Waals surface area contributed by atoms with Crippen LogP contribution in [0.15, 0.2) is 27.2 Å². The molecule has 0 aliphatic carbocycles. The summed E-state index contributed by atoms with van der Waals surface area (Å²) in [4.78, 5) is 12.9. The van der Waals surface area contributed by atoms with Crippen LogP contribution in [0.5, 0.6) is 0 Å². The highest BCUT2D eigenvalue weighted by molar-refractivity contribution is 5.67. The summed E-state index contributed by atoms with van der Waals surface area (Å²) in [6.07, 6.45) is 3.59. The monoisotopic (exact) mass is 277 g/mol. The second-order valence-corrected chi connectivity index (χ2v) is 4.84. The van der Waals surface area contributed by atoms with Crippen molar-refractivity contribution in [1.29, 1.82) is 0 Å². The van der Waals surface area contributed by atoms with E-state index in [1.54, 1.807) is 18.4 Å². The van der Waals surface area contributed by atoms with Gasteiger partial charge in [-0.1, -0.05) is 0 Å². The second-order valence-electron chi connectivity index (χ2n) is 4.84. The molecule has 1 saturated heterocycles. The first-order valence-electron chi connectivity index (χ1n) is 6.54. The summed E-state index contributed by atoms with van der Waals surface area (Å²) < 4.78 is 10.7. The molecule has 20 heavy (non-hydrogen) atoms. The van der Waals surface area contributed by atoms with E-state index >= 15 is 0 Å². The van der Waals surface area contributed by atoms with E-state index in [1.165, 1.54) is 0 Å². The highest BCUT2D eigenvalue weighted by Crippen LogP contribution is 2.24. The summed E-state index contributed by atoms with van der Waals surface area (Å²) in [6, 6.07) is 3.55. The number of furan rings is 1. The van der Waals surface area contributed by atoms with Gasteiger partial charge in [-0.3, -0.25) is 9.69 Å². The Bertz CT molecular complexity index is 578. The Hall–Kier alpha value is -2.15. The minimum absolute atomic E-state index is 0.0477. The van der Waals surface area contributed by atoms with Gasteiger partial charge in [-0.05, 0) is 31.5 Å². The lowest BCUT2D eigenvalue weighted by atomic mass is 10.1. The summed E-state index contributed by atoms with van der Waals surface area (Å²) in [7, 11) is 0. The number of carboxylic acids is 1. The highest BCUT2D eigenvalue weighted by atomic mass is 16.4. The highest BCUT2D eigenvalue weighted by Gasteiger charge is 2.28. The molecule has 1 fully saturated rings. The zero-order chi connectivity index (χ0) is 13.9. The molecule has 0 aromatic carbocycles. The molecule has 7 nitrogen and oxygen atoms in total. The van der Waals surface area contributed by atoms with E-state index in [9.17, 15) is 4.79 Å². The number of likely N-dealkylation sites (tertiary alicyclic amines) is 1. The SMILES string of the molecule is O=C(O)CC1CCCN1Cc1nnc(-c2ccco2)o1. The molecule has 1 aliphatic heterocycles. The molecule has 2 aromatic heterocycles. The standard InChI is InChI=1S/C13H15N3O4/c17-12(18)7-9-3-1-5-16(9)8-11-14-15-13(20-11)10-4-2-6-19-10/h2,4,6,9H,1,3,5,7-8H2,(H,17,18). The molecule has 1 atom stereocenters. The van der Waals surface area contributed by atoms with Gasteiger partial charge in [0.25, 0.3) is 5.89 Å². The maximum atomic E-state index is 10.8. The Morgan fingerprint density at radius 2 is 2.40 bits per heavy atom. The smallest absolute Gasteiger partial charge is 0.304 e. The predicted octanol–water partition coefficient (Wildman–Crippen LogP) is 1.77. The second kappa shape index (κ2) is 5.46. The van der Waals surface area contributed by atoms with E-state index in [-0.39, 0.29) is 12.5 Å². The van der Waals surface area contributed by atoms with Crippen LogP contribution in [0.2, 0.25) is 0 Å². The van der Waals surface area contributed by atoms with Gasteiger partial charge in [0.1, 0.15) is 0 Å². The quantitative estimate of drug-likeness (QED) is 0.890. The molecule has 7 heteroatoms. The van der Waals surface area contributed by atoms with Crippen molar-refractivity contribution >= 4 is 5.97 Å². The van der Waals surface area contributed by atoms with Crippen molar-refractivity contribution in [2.75, 3.05) is 6.54 Å². The van der Waals surface area contributed by atoms with Crippen LogP contribution >= 0.6 is 0 Å². The minimum atomic E-state index is -0.774. The number of hydrogen-bond acceptors (Lipinski definition) is 6. The Kier molecular flexibility index (Phi) is 3.51. The van der Waals surface area contributed by atoms with Gasteiger partial charge in [-0.2, -0.15) is 0 Å². The molecule has 1 unspecified atom stereocenters. The van der Waals surface area contributed by atoms with Crippen LogP contribution in [-0.4, -0.2) is 38.8 Å². The molecule has 1 N–H and O–H groups in total. The third kappa shape index (κ3) is 2.72. The number of carboxylic acid groups (broad SMARTS) is 1. The van der Waals surface area contributed by atoms with E-state index in [0.717, 1.165) is 19.4 Å². The van der Waals surface area contributed by atoms with Gasteiger partial charge in [0.05, 0.1) is 19.2 Å². The number of carbonyl (C=O) groups is 1. The third-order valence-electron chi connectivity index (χ3n) is 3.45. The molecule has 0 radical (unpaired) electrons. The van der Waals surface area contributed by atoms with Crippen LogP contribution in [0.4, 0.5) is 0 Å². The Morgan fingerprint density at radius 3 is 3.15 bits per heavy atom. The maximum absolute atomic E-state index is 10.8. The predicted molar refractivity (Wildman–Crippen MR) is 67.7 cm³/mol. The van der Waals surface area contributed by atoms with Crippen LogP contribution in [0, 0.1) is 0 Å². The van der Waals surface area contributed by atoms with E-state index in [2.05, 4.69) is 15.1 Å². The van der Waals surface area contributed by atoms with Crippen molar-refractivity contribution in [2.24, 2.45) is 0 Å². The first-order valence-corrected chi connectivity index (χ1v) is 6.54. The van der Waals surface area contributed by atoms with Gasteiger partial charge >= 0.3 is 5.97 Å². The average molecular weight is 277 g/mol. The summed E-state index contributed by atoms with van der Waals surface area (Å²) in [6.45, 7) is 1.34. The summed E-state index contributed by atoms with van der Waals surface area (Å²) in [5.41, 5.74) is 0. The first kappa shape index (κ1) is 12.9. The van der Waals surface area contributed by atoms with Crippen LogP contribution in [0.25, 0.3) is 11.7 Å². The molecular weight excluding hydrogens is 262 g/mol. The van der Waals surface area contributed by atoms with Crippen molar-refractivity contribution < 1.29 is 18.7 Å². The van der Waals surface area contributed by atoms with Crippen molar-refractivity contribution in [3.63, 3.8) is 0 Å². The lowest BCUT2D eigenvalue weighted by Gasteiger charge is -2.20. The number of hydrogen-bond donors (Lipinski definition) is 1. The number of aliphatic carboxylic acids is 1. The van der Waals surface area contributed by atoms with Crippen molar-refractivity contribution in [1.82, 2.24) is 15.1 Å². The molecule has 2 aromatic rings. The molecule has 3 rings (SSSR count). The van der Waals surface area contributed by atoms with Crippen LogP contribution in [0.1, 0.15) is 25.2 Å². The fourth-order valence-corrected chi connectivity index (χ4v) is 2.53. The van der Waals surface area contributed by atoms with E-state index < -0.39 is 5.97 Å². The first-order chi connectivity index (χ1) is 9.72. The van der Waals surface area contributed by atoms with Crippen molar-refractivity contribution in [2.45, 2.75) is 31.8 Å². The molecule has 1 aliphatic rings. The number of aromatic nitrogens is 2. The van der Waals surface area contributed by atoms with Gasteiger partial charge in [0, 0.05) is 6.04 Å². The Labute approximate surface area is 115 Å². The summed E-state index contributed by atoms with van der Waals surface area (Å²) in [5, 5.41) is 16.8. The van der Waals surface area contributed by atoms with E-state index in [4.69, 9.17) is 13.9 Å².